The molecule has 0 bridgehead atoms. The normalized spacial score (nSPS) is 23.6. The smallest absolute Gasteiger partial charge is 0.343 e. The summed E-state index contributed by atoms with van der Waals surface area (Å²) in [5, 5.41) is 0. The number of carbonyl (C=O) groups is 2. The summed E-state index contributed by atoms with van der Waals surface area (Å²) >= 11 is 0. The minimum absolute atomic E-state index is 0.0121. The molecule has 43 heavy (non-hydrogen) atoms. The molecule has 0 radical (unpaired) electrons. The monoisotopic (exact) mass is 634 g/mol. The third-order valence-corrected chi connectivity index (χ3v) is 11.7. The molecule has 0 unspecified atom stereocenters. The van der Waals surface area contributed by atoms with Gasteiger partial charge in [-0.2, -0.15) is 26.3 Å². The number of halogens is 7. The average Bonchev–Trinajstić information content (AvgIpc) is 3.37. The Labute approximate surface area is 243 Å². The predicted molar refractivity (Wildman–Crippen MR) is 140 cm³/mol. The molecule has 2 atom stereocenters. The lowest BCUT2D eigenvalue weighted by Gasteiger charge is -2.44. The highest BCUT2D eigenvalue weighted by Crippen LogP contribution is 2.57. The van der Waals surface area contributed by atoms with Crippen LogP contribution in [-0.4, -0.2) is 68.1 Å². The standard InChI is InChI=1S/C29H29F7N2O4S/c1-18(39)37-14-11-19(12-15-37)25(40)38-16-13-26(43(41,42)22-5-3-2-4-6-22)23-9-8-21(17-20(23)7-10-24(26)38)27(30,28(31,32)33)29(34,35)36/h2-6,8-9,17,19,24H,7,10-16H2,1H3/t24-,26-/m1/s1. The first-order chi connectivity index (χ1) is 20.0. The number of nitrogens with zero attached hydrogens (tertiary/aromatic N) is 2. The highest BCUT2D eigenvalue weighted by Gasteiger charge is 2.74. The zero-order chi connectivity index (χ0) is 31.6. The lowest BCUT2D eigenvalue weighted by atomic mass is 9.76. The van der Waals surface area contributed by atoms with E-state index in [0.717, 1.165) is 6.07 Å². The van der Waals surface area contributed by atoms with Gasteiger partial charge in [0, 0.05) is 38.0 Å². The van der Waals surface area contributed by atoms with Crippen LogP contribution < -0.4 is 0 Å². The number of likely N-dealkylation sites (tertiary alicyclic amines) is 2. The van der Waals surface area contributed by atoms with Crippen molar-refractivity contribution >= 4 is 21.7 Å². The van der Waals surface area contributed by atoms with Crippen molar-refractivity contribution < 1.29 is 48.7 Å². The Bertz CT molecular complexity index is 1510. The van der Waals surface area contributed by atoms with Crippen molar-refractivity contribution in [2.24, 2.45) is 5.92 Å². The fourth-order valence-corrected chi connectivity index (χ4v) is 9.37. The number of hydrogen-bond acceptors (Lipinski definition) is 4. The molecule has 2 heterocycles. The summed E-state index contributed by atoms with van der Waals surface area (Å²) in [6.45, 7) is 2.12. The molecule has 2 saturated heterocycles. The van der Waals surface area contributed by atoms with Gasteiger partial charge < -0.3 is 9.80 Å². The van der Waals surface area contributed by atoms with Gasteiger partial charge in [-0.1, -0.05) is 36.4 Å². The van der Waals surface area contributed by atoms with Crippen LogP contribution in [0, 0.1) is 5.92 Å². The van der Waals surface area contributed by atoms with Crippen LogP contribution in [-0.2, 0) is 36.3 Å². The molecular formula is C29H29F7N2O4S. The summed E-state index contributed by atoms with van der Waals surface area (Å²) in [4.78, 5) is 28.5. The molecular weight excluding hydrogens is 605 g/mol. The summed E-state index contributed by atoms with van der Waals surface area (Å²) < 4.78 is 123. The molecule has 14 heteroatoms. The lowest BCUT2D eigenvalue weighted by Crippen LogP contribution is -2.54. The Balaban J connectivity index is 1.61. The van der Waals surface area contributed by atoms with Crippen LogP contribution in [0.2, 0.25) is 0 Å². The quantitative estimate of drug-likeness (QED) is 0.420. The molecule has 5 rings (SSSR count). The van der Waals surface area contributed by atoms with E-state index in [0.29, 0.717) is 38.1 Å². The van der Waals surface area contributed by atoms with Crippen LogP contribution in [0.5, 0.6) is 0 Å². The van der Waals surface area contributed by atoms with Gasteiger partial charge >= 0.3 is 18.0 Å². The van der Waals surface area contributed by atoms with E-state index in [1.165, 1.54) is 36.1 Å². The van der Waals surface area contributed by atoms with Crippen molar-refractivity contribution in [2.75, 3.05) is 19.6 Å². The van der Waals surface area contributed by atoms with Crippen molar-refractivity contribution in [1.29, 1.82) is 0 Å². The van der Waals surface area contributed by atoms with Crippen molar-refractivity contribution in [2.45, 2.75) is 72.7 Å². The summed E-state index contributed by atoms with van der Waals surface area (Å²) in [5.41, 5.74) is -7.53. The zero-order valence-corrected chi connectivity index (χ0v) is 23.8. The van der Waals surface area contributed by atoms with E-state index in [2.05, 4.69) is 0 Å². The average molecular weight is 635 g/mol. The van der Waals surface area contributed by atoms with E-state index in [1.54, 1.807) is 11.0 Å². The highest BCUT2D eigenvalue weighted by molar-refractivity contribution is 7.92. The number of rotatable bonds is 4. The minimum Gasteiger partial charge on any atom is -0.343 e. The summed E-state index contributed by atoms with van der Waals surface area (Å²) in [5.74, 6) is -0.924. The maximum absolute atomic E-state index is 15.0. The van der Waals surface area contributed by atoms with Crippen LogP contribution in [0.25, 0.3) is 0 Å². The Morgan fingerprint density at radius 2 is 1.47 bits per heavy atom. The number of fused-ring (bicyclic) bond motifs is 3. The number of sulfone groups is 1. The summed E-state index contributed by atoms with van der Waals surface area (Å²) in [7, 11) is -4.38. The number of carbonyl (C=O) groups excluding carboxylic acids is 2. The number of alkyl halides is 7. The molecule has 2 aromatic carbocycles. The van der Waals surface area contributed by atoms with E-state index in [9.17, 15) is 48.7 Å². The number of hydrogen-bond donors (Lipinski definition) is 0. The second-order valence-corrected chi connectivity index (χ2v) is 13.6. The number of benzene rings is 2. The molecule has 0 N–H and O–H groups in total. The lowest BCUT2D eigenvalue weighted by molar-refractivity contribution is -0.348. The van der Waals surface area contributed by atoms with E-state index >= 15 is 0 Å². The van der Waals surface area contributed by atoms with Crippen LogP contribution in [0.15, 0.2) is 53.4 Å². The maximum Gasteiger partial charge on any atom is 0.435 e. The molecule has 0 aromatic heterocycles. The molecule has 0 saturated carbocycles. The second kappa shape index (κ2) is 10.5. The number of aryl methyl sites for hydroxylation is 1. The van der Waals surface area contributed by atoms with Gasteiger partial charge in [-0.05, 0) is 55.4 Å². The zero-order valence-electron chi connectivity index (χ0n) is 23.0. The van der Waals surface area contributed by atoms with Crippen LogP contribution in [0.4, 0.5) is 30.7 Å². The third kappa shape index (κ3) is 4.71. The van der Waals surface area contributed by atoms with Gasteiger partial charge in [0.15, 0.2) is 9.84 Å². The fraction of sp³-hybridized carbons (Fsp3) is 0.517. The largest absolute Gasteiger partial charge is 0.435 e. The predicted octanol–water partition coefficient (Wildman–Crippen LogP) is 5.45. The molecule has 2 amide bonds. The van der Waals surface area contributed by atoms with E-state index in [4.69, 9.17) is 0 Å². The summed E-state index contributed by atoms with van der Waals surface area (Å²) in [6.07, 6.45) is -12.3. The maximum atomic E-state index is 15.0. The number of piperidine rings is 1. The van der Waals surface area contributed by atoms with Gasteiger partial charge in [0.1, 0.15) is 4.75 Å². The first-order valence-electron chi connectivity index (χ1n) is 13.8. The highest BCUT2D eigenvalue weighted by atomic mass is 32.2. The SMILES string of the molecule is CC(=O)N1CCC(C(=O)N2CC[C@@]3(S(=O)(=O)c4ccccc4)c4ccc(C(F)(C(F)(F)F)C(F)(F)F)cc4CC[C@@H]23)CC1. The van der Waals surface area contributed by atoms with E-state index in [1.807, 2.05) is 0 Å². The molecule has 6 nitrogen and oxygen atoms in total. The van der Waals surface area contributed by atoms with Gasteiger partial charge in [-0.25, -0.2) is 12.8 Å². The Hall–Kier alpha value is -3.16. The topological polar surface area (TPSA) is 74.8 Å². The Morgan fingerprint density at radius 3 is 2.02 bits per heavy atom. The van der Waals surface area contributed by atoms with Crippen LogP contribution >= 0.6 is 0 Å². The van der Waals surface area contributed by atoms with Crippen LogP contribution in [0.1, 0.15) is 49.3 Å². The Morgan fingerprint density at radius 1 is 0.860 bits per heavy atom. The van der Waals surface area contributed by atoms with E-state index < -0.39 is 50.1 Å². The molecule has 1 aliphatic carbocycles. The molecule has 234 valence electrons. The fourth-order valence-electron chi connectivity index (χ4n) is 6.98. The van der Waals surface area contributed by atoms with Gasteiger partial charge in [-0.15, -0.1) is 0 Å². The van der Waals surface area contributed by atoms with Crippen molar-refractivity contribution in [3.63, 3.8) is 0 Å². The van der Waals surface area contributed by atoms with Crippen molar-refractivity contribution in [3.8, 4) is 0 Å². The van der Waals surface area contributed by atoms with Crippen molar-refractivity contribution in [3.05, 3.63) is 65.2 Å². The molecule has 3 aliphatic rings. The van der Waals surface area contributed by atoms with Gasteiger partial charge in [-0.3, -0.25) is 9.59 Å². The molecule has 2 aliphatic heterocycles. The van der Waals surface area contributed by atoms with Gasteiger partial charge in [0.25, 0.3) is 0 Å². The third-order valence-electron chi connectivity index (χ3n) is 9.17. The van der Waals surface area contributed by atoms with Gasteiger partial charge in [0.2, 0.25) is 11.8 Å². The Kier molecular flexibility index (Phi) is 7.62. The minimum atomic E-state index is -6.32. The summed E-state index contributed by atoms with van der Waals surface area (Å²) in [6, 6.07) is 7.94. The second-order valence-electron chi connectivity index (χ2n) is 11.3. The first-order valence-corrected chi connectivity index (χ1v) is 15.3. The first kappa shape index (κ1) is 31.3. The molecule has 0 spiro atoms. The van der Waals surface area contributed by atoms with Gasteiger partial charge in [0.05, 0.1) is 10.9 Å². The van der Waals surface area contributed by atoms with Crippen LogP contribution in [0.3, 0.4) is 0 Å². The molecule has 2 aromatic rings. The molecule has 2 fully saturated rings. The number of amides is 2. The van der Waals surface area contributed by atoms with E-state index in [-0.39, 0.29) is 53.6 Å². The van der Waals surface area contributed by atoms with Crippen molar-refractivity contribution in [1.82, 2.24) is 9.80 Å².